The summed E-state index contributed by atoms with van der Waals surface area (Å²) in [6.45, 7) is -0.153. The smallest absolute Gasteiger partial charge is 0.291 e. The highest BCUT2D eigenvalue weighted by atomic mass is 19.1. The third-order valence-electron chi connectivity index (χ3n) is 4.07. The lowest BCUT2D eigenvalue weighted by atomic mass is 10.1. The Morgan fingerprint density at radius 1 is 1.03 bits per heavy atom. The molecule has 2 aromatic carbocycles. The highest BCUT2D eigenvalue weighted by molar-refractivity contribution is 6.04. The summed E-state index contributed by atoms with van der Waals surface area (Å²) < 4.78 is 18.1. The van der Waals surface area contributed by atoms with Gasteiger partial charge in [0.25, 0.3) is 5.91 Å². The fourth-order valence-electron chi connectivity index (χ4n) is 2.65. The lowest BCUT2D eigenvalue weighted by Crippen LogP contribution is -2.13. The van der Waals surface area contributed by atoms with Gasteiger partial charge in [0.05, 0.1) is 12.0 Å². The van der Waals surface area contributed by atoms with Gasteiger partial charge in [-0.15, -0.1) is 10.2 Å². The summed E-state index contributed by atoms with van der Waals surface area (Å²) in [6.07, 6.45) is 1.41. The van der Waals surface area contributed by atoms with E-state index in [9.17, 15) is 14.0 Å². The SMILES string of the molecule is O=C(Cn1nnc(-c2ccccc2NC(=O)c2ccco2)n1)c1ccc(F)cc1. The van der Waals surface area contributed by atoms with Crippen molar-refractivity contribution in [1.82, 2.24) is 20.2 Å². The maximum absolute atomic E-state index is 13.0. The van der Waals surface area contributed by atoms with Crippen LogP contribution < -0.4 is 5.32 Å². The van der Waals surface area contributed by atoms with E-state index in [0.717, 1.165) is 4.80 Å². The number of ketones is 1. The Balaban J connectivity index is 1.53. The van der Waals surface area contributed by atoms with Gasteiger partial charge in [0, 0.05) is 11.1 Å². The zero-order valence-electron chi connectivity index (χ0n) is 14.9. The van der Waals surface area contributed by atoms with Gasteiger partial charge >= 0.3 is 0 Å². The minimum absolute atomic E-state index is 0.153. The molecule has 0 aliphatic carbocycles. The molecule has 29 heavy (non-hydrogen) atoms. The van der Waals surface area contributed by atoms with Gasteiger partial charge in [-0.3, -0.25) is 9.59 Å². The van der Waals surface area contributed by atoms with Crippen LogP contribution in [-0.2, 0) is 6.54 Å². The van der Waals surface area contributed by atoms with Crippen molar-refractivity contribution in [2.45, 2.75) is 6.54 Å². The standard InChI is InChI=1S/C20H14FN5O3/c21-14-9-7-13(8-10-14)17(27)12-26-24-19(23-25-26)15-4-1-2-5-16(15)22-20(28)18-6-3-11-29-18/h1-11H,12H2,(H,22,28). The molecule has 1 amide bonds. The Morgan fingerprint density at radius 2 is 1.83 bits per heavy atom. The van der Waals surface area contributed by atoms with Gasteiger partial charge in [-0.05, 0) is 53.7 Å². The number of Topliss-reactive ketones (excluding diaryl/α,β-unsaturated/α-hetero) is 1. The second-order valence-electron chi connectivity index (χ2n) is 6.05. The molecule has 4 rings (SSSR count). The summed E-state index contributed by atoms with van der Waals surface area (Å²) in [6, 6.07) is 15.3. The molecule has 0 saturated carbocycles. The molecule has 0 radical (unpaired) electrons. The first-order chi connectivity index (χ1) is 14.1. The number of hydrogen-bond acceptors (Lipinski definition) is 6. The summed E-state index contributed by atoms with van der Waals surface area (Å²) in [5, 5.41) is 14.8. The first kappa shape index (κ1) is 18.2. The van der Waals surface area contributed by atoms with Crippen LogP contribution in [0.1, 0.15) is 20.9 Å². The molecule has 9 heteroatoms. The second-order valence-corrected chi connectivity index (χ2v) is 6.05. The van der Waals surface area contributed by atoms with Gasteiger partial charge in [-0.2, -0.15) is 4.80 Å². The van der Waals surface area contributed by atoms with Gasteiger partial charge in [0.15, 0.2) is 11.5 Å². The number of hydrogen-bond donors (Lipinski definition) is 1. The van der Waals surface area contributed by atoms with Gasteiger partial charge < -0.3 is 9.73 Å². The van der Waals surface area contributed by atoms with Crippen molar-refractivity contribution in [1.29, 1.82) is 0 Å². The minimum Gasteiger partial charge on any atom is -0.459 e. The Morgan fingerprint density at radius 3 is 2.59 bits per heavy atom. The summed E-state index contributed by atoms with van der Waals surface area (Å²) in [7, 11) is 0. The van der Waals surface area contributed by atoms with E-state index < -0.39 is 11.7 Å². The molecule has 0 aliphatic heterocycles. The predicted molar refractivity (Wildman–Crippen MR) is 101 cm³/mol. The molecule has 0 unspecified atom stereocenters. The number of nitrogens with zero attached hydrogens (tertiary/aromatic N) is 4. The molecular formula is C20H14FN5O3. The Hall–Kier alpha value is -4.14. The van der Waals surface area contributed by atoms with Crippen LogP contribution in [0.4, 0.5) is 10.1 Å². The zero-order valence-corrected chi connectivity index (χ0v) is 14.9. The maximum atomic E-state index is 13.0. The lowest BCUT2D eigenvalue weighted by molar-refractivity contribution is 0.0960. The number of tetrazole rings is 1. The number of aromatic nitrogens is 4. The van der Waals surface area contributed by atoms with Gasteiger partial charge in [-0.25, -0.2) is 4.39 Å². The van der Waals surface area contributed by atoms with Gasteiger partial charge in [0.2, 0.25) is 5.82 Å². The second kappa shape index (κ2) is 7.85. The monoisotopic (exact) mass is 391 g/mol. The van der Waals surface area contributed by atoms with E-state index in [-0.39, 0.29) is 23.9 Å². The van der Waals surface area contributed by atoms with Crippen LogP contribution in [0.15, 0.2) is 71.3 Å². The van der Waals surface area contributed by atoms with E-state index in [2.05, 4.69) is 20.7 Å². The molecule has 4 aromatic rings. The fourth-order valence-corrected chi connectivity index (χ4v) is 2.65. The van der Waals surface area contributed by atoms with E-state index in [1.54, 1.807) is 36.4 Å². The molecular weight excluding hydrogens is 377 g/mol. The molecule has 144 valence electrons. The van der Waals surface area contributed by atoms with Crippen molar-refractivity contribution in [3.05, 3.63) is 84.1 Å². The largest absolute Gasteiger partial charge is 0.459 e. The van der Waals surface area contributed by atoms with Crippen molar-refractivity contribution in [2.24, 2.45) is 0 Å². The molecule has 2 aromatic heterocycles. The van der Waals surface area contributed by atoms with Crippen LogP contribution >= 0.6 is 0 Å². The number of anilines is 1. The average molecular weight is 391 g/mol. The third kappa shape index (κ3) is 4.08. The molecule has 0 saturated heterocycles. The fraction of sp³-hybridized carbons (Fsp3) is 0.0500. The molecule has 1 N–H and O–H groups in total. The number of nitrogens with one attached hydrogen (secondary N) is 1. The van der Waals surface area contributed by atoms with Crippen molar-refractivity contribution < 1.29 is 18.4 Å². The maximum Gasteiger partial charge on any atom is 0.291 e. The molecule has 8 nitrogen and oxygen atoms in total. The predicted octanol–water partition coefficient (Wildman–Crippen LogP) is 3.21. The highest BCUT2D eigenvalue weighted by Gasteiger charge is 2.16. The quantitative estimate of drug-likeness (QED) is 0.506. The van der Waals surface area contributed by atoms with Crippen LogP contribution in [-0.4, -0.2) is 31.9 Å². The van der Waals surface area contributed by atoms with E-state index in [1.807, 2.05) is 0 Å². The van der Waals surface area contributed by atoms with Crippen molar-refractivity contribution in [3.8, 4) is 11.4 Å². The highest BCUT2D eigenvalue weighted by Crippen LogP contribution is 2.25. The Kier molecular flexibility index (Phi) is 4.93. The van der Waals surface area contributed by atoms with Crippen LogP contribution in [0.25, 0.3) is 11.4 Å². The Labute approximate surface area is 164 Å². The summed E-state index contributed by atoms with van der Waals surface area (Å²) in [5.74, 6) is -0.709. The van der Waals surface area contributed by atoms with Crippen molar-refractivity contribution in [3.63, 3.8) is 0 Å². The zero-order chi connectivity index (χ0) is 20.2. The van der Waals surface area contributed by atoms with Crippen molar-refractivity contribution in [2.75, 3.05) is 5.32 Å². The number of benzene rings is 2. The van der Waals surface area contributed by atoms with Gasteiger partial charge in [0.1, 0.15) is 12.4 Å². The molecule has 0 bridgehead atoms. The van der Waals surface area contributed by atoms with E-state index >= 15 is 0 Å². The Bertz CT molecular complexity index is 1150. The van der Waals surface area contributed by atoms with E-state index in [4.69, 9.17) is 4.42 Å². The lowest BCUT2D eigenvalue weighted by Gasteiger charge is -2.07. The van der Waals surface area contributed by atoms with Crippen molar-refractivity contribution >= 4 is 17.4 Å². The van der Waals surface area contributed by atoms with Gasteiger partial charge in [-0.1, -0.05) is 12.1 Å². The first-order valence-electron chi connectivity index (χ1n) is 8.61. The number of amides is 1. The molecule has 2 heterocycles. The summed E-state index contributed by atoms with van der Waals surface area (Å²) in [4.78, 5) is 25.7. The molecule has 0 atom stereocenters. The van der Waals surface area contributed by atoms with E-state index in [0.29, 0.717) is 16.8 Å². The number of halogens is 1. The normalized spacial score (nSPS) is 10.7. The van der Waals surface area contributed by atoms with Crippen LogP contribution in [0, 0.1) is 5.82 Å². The van der Waals surface area contributed by atoms with Crippen LogP contribution in [0.5, 0.6) is 0 Å². The van der Waals surface area contributed by atoms with Crippen LogP contribution in [0.3, 0.4) is 0 Å². The topological polar surface area (TPSA) is 103 Å². The third-order valence-corrected chi connectivity index (χ3v) is 4.07. The summed E-state index contributed by atoms with van der Waals surface area (Å²) >= 11 is 0. The van der Waals surface area contributed by atoms with Crippen LogP contribution in [0.2, 0.25) is 0 Å². The van der Waals surface area contributed by atoms with E-state index in [1.165, 1.54) is 30.5 Å². The summed E-state index contributed by atoms with van der Waals surface area (Å²) in [5.41, 5.74) is 1.35. The average Bonchev–Trinajstić information content (AvgIpc) is 3.41. The number of para-hydroxylation sites is 1. The number of rotatable bonds is 6. The minimum atomic E-state index is -0.420. The molecule has 0 fully saturated rings. The molecule has 0 spiro atoms. The first-order valence-corrected chi connectivity index (χ1v) is 8.61. The number of carbonyl (C=O) groups is 2. The number of furan rings is 1. The number of carbonyl (C=O) groups excluding carboxylic acids is 2. The molecule has 0 aliphatic rings.